The number of benzene rings is 1. The van der Waals surface area contributed by atoms with E-state index in [2.05, 4.69) is 17.1 Å². The third-order valence-corrected chi connectivity index (χ3v) is 4.84. The highest BCUT2D eigenvalue weighted by Crippen LogP contribution is 2.28. The van der Waals surface area contributed by atoms with Crippen LogP contribution in [0.4, 0.5) is 0 Å². The summed E-state index contributed by atoms with van der Waals surface area (Å²) in [6.45, 7) is 3.73. The molecule has 0 radical (unpaired) electrons. The third kappa shape index (κ3) is 4.68. The van der Waals surface area contributed by atoms with Gasteiger partial charge in [-0.1, -0.05) is 61.7 Å². The number of carbonyl (C=O) groups is 1. The second-order valence-corrected chi connectivity index (χ2v) is 6.81. The number of amides is 1. The van der Waals surface area contributed by atoms with Crippen LogP contribution in [0.25, 0.3) is 11.4 Å². The number of likely N-dealkylation sites (tertiary alicyclic amines) is 1. The molecule has 0 N–H and O–H groups in total. The summed E-state index contributed by atoms with van der Waals surface area (Å²) in [5.41, 5.74) is 0.956. The molecule has 0 bridgehead atoms. The molecular formula is C20H27N3O2. The average molecular weight is 341 g/mol. The second kappa shape index (κ2) is 8.79. The molecule has 3 rings (SSSR count). The van der Waals surface area contributed by atoms with Gasteiger partial charge >= 0.3 is 0 Å². The molecule has 0 spiro atoms. The topological polar surface area (TPSA) is 59.2 Å². The van der Waals surface area contributed by atoms with Crippen LogP contribution in [0.5, 0.6) is 0 Å². The summed E-state index contributed by atoms with van der Waals surface area (Å²) < 4.78 is 5.50. The number of carbonyl (C=O) groups excluding carboxylic acids is 1. The minimum absolute atomic E-state index is 0.151. The van der Waals surface area contributed by atoms with Crippen molar-refractivity contribution in [2.45, 2.75) is 57.8 Å². The first-order chi connectivity index (χ1) is 12.3. The highest BCUT2D eigenvalue weighted by molar-refractivity contribution is 5.76. The summed E-state index contributed by atoms with van der Waals surface area (Å²) in [4.78, 5) is 19.0. The van der Waals surface area contributed by atoms with E-state index in [4.69, 9.17) is 4.52 Å². The zero-order valence-corrected chi connectivity index (χ0v) is 15.0. The summed E-state index contributed by atoms with van der Waals surface area (Å²) in [5.74, 6) is 1.70. The van der Waals surface area contributed by atoms with Crippen LogP contribution in [0.2, 0.25) is 0 Å². The highest BCUT2D eigenvalue weighted by atomic mass is 16.5. The van der Waals surface area contributed by atoms with Crippen molar-refractivity contribution >= 4 is 5.91 Å². The summed E-state index contributed by atoms with van der Waals surface area (Å²) in [6, 6.07) is 9.84. The molecule has 2 aromatic rings. The van der Waals surface area contributed by atoms with Gasteiger partial charge in [0.2, 0.25) is 17.6 Å². The lowest BCUT2D eigenvalue weighted by molar-refractivity contribution is -0.132. The third-order valence-electron chi connectivity index (χ3n) is 4.84. The number of unbranched alkanes of at least 4 members (excludes halogenated alkanes) is 3. The Morgan fingerprint density at radius 3 is 2.88 bits per heavy atom. The monoisotopic (exact) mass is 341 g/mol. The maximum Gasteiger partial charge on any atom is 0.231 e. The van der Waals surface area contributed by atoms with Gasteiger partial charge in [-0.05, 0) is 19.3 Å². The maximum absolute atomic E-state index is 12.4. The van der Waals surface area contributed by atoms with Crippen LogP contribution in [0.3, 0.4) is 0 Å². The van der Waals surface area contributed by atoms with Crippen molar-refractivity contribution in [3.8, 4) is 11.4 Å². The molecule has 1 fully saturated rings. The van der Waals surface area contributed by atoms with E-state index in [9.17, 15) is 4.79 Å². The van der Waals surface area contributed by atoms with Gasteiger partial charge in [0.15, 0.2) is 0 Å². The fourth-order valence-electron chi connectivity index (χ4n) is 3.37. The van der Waals surface area contributed by atoms with E-state index in [1.165, 1.54) is 12.8 Å². The standard InChI is InChI=1S/C20H27N3O2/c1-2-3-4-8-13-18(24)23-14-9-12-17(15-23)20-21-19(22-25-20)16-10-6-5-7-11-16/h5-7,10-11,17H,2-4,8-9,12-15H2,1H3/t17-/m1/s1. The highest BCUT2D eigenvalue weighted by Gasteiger charge is 2.28. The van der Waals surface area contributed by atoms with Gasteiger partial charge in [-0.3, -0.25) is 4.79 Å². The molecule has 1 aromatic carbocycles. The molecule has 25 heavy (non-hydrogen) atoms. The van der Waals surface area contributed by atoms with Crippen LogP contribution >= 0.6 is 0 Å². The van der Waals surface area contributed by atoms with Crippen molar-refractivity contribution in [3.05, 3.63) is 36.2 Å². The van der Waals surface area contributed by atoms with Gasteiger partial charge in [-0.2, -0.15) is 4.98 Å². The lowest BCUT2D eigenvalue weighted by Crippen LogP contribution is -2.39. The first kappa shape index (κ1) is 17.6. The number of rotatable bonds is 7. The van der Waals surface area contributed by atoms with Crippen molar-refractivity contribution in [2.24, 2.45) is 0 Å². The van der Waals surface area contributed by atoms with Crippen LogP contribution < -0.4 is 0 Å². The number of piperidine rings is 1. The van der Waals surface area contributed by atoms with Gasteiger partial charge in [-0.15, -0.1) is 0 Å². The summed E-state index contributed by atoms with van der Waals surface area (Å²) in [5, 5.41) is 4.11. The Balaban J connectivity index is 1.58. The Hall–Kier alpha value is -2.17. The molecule has 0 saturated carbocycles. The molecule has 0 unspecified atom stereocenters. The van der Waals surface area contributed by atoms with E-state index >= 15 is 0 Å². The van der Waals surface area contributed by atoms with Crippen molar-refractivity contribution in [1.29, 1.82) is 0 Å². The number of aromatic nitrogens is 2. The van der Waals surface area contributed by atoms with E-state index < -0.39 is 0 Å². The van der Waals surface area contributed by atoms with Gasteiger partial charge in [-0.25, -0.2) is 0 Å². The predicted octanol–water partition coefficient (Wildman–Crippen LogP) is 4.41. The van der Waals surface area contributed by atoms with Crippen LogP contribution in [-0.4, -0.2) is 34.0 Å². The van der Waals surface area contributed by atoms with Crippen LogP contribution in [0, 0.1) is 0 Å². The van der Waals surface area contributed by atoms with Gasteiger partial charge in [0.05, 0.1) is 5.92 Å². The summed E-state index contributed by atoms with van der Waals surface area (Å²) in [6.07, 6.45) is 7.19. The molecule has 2 heterocycles. The molecule has 134 valence electrons. The SMILES string of the molecule is CCCCCCC(=O)N1CCC[C@@H](c2nc(-c3ccccc3)no2)C1. The molecule has 1 aromatic heterocycles. The quantitative estimate of drug-likeness (QED) is 0.700. The van der Waals surface area contributed by atoms with Crippen molar-refractivity contribution in [1.82, 2.24) is 15.0 Å². The number of hydrogen-bond acceptors (Lipinski definition) is 4. The van der Waals surface area contributed by atoms with E-state index in [-0.39, 0.29) is 11.8 Å². The zero-order chi connectivity index (χ0) is 17.5. The lowest BCUT2D eigenvalue weighted by Gasteiger charge is -2.31. The van der Waals surface area contributed by atoms with Gasteiger partial charge < -0.3 is 9.42 Å². The second-order valence-electron chi connectivity index (χ2n) is 6.81. The molecule has 1 amide bonds. The van der Waals surface area contributed by atoms with E-state index in [0.717, 1.165) is 37.8 Å². The van der Waals surface area contributed by atoms with Crippen molar-refractivity contribution in [2.75, 3.05) is 13.1 Å². The van der Waals surface area contributed by atoms with Crippen LogP contribution in [0.1, 0.15) is 63.7 Å². The molecule has 1 aliphatic rings. The van der Waals surface area contributed by atoms with E-state index in [0.29, 0.717) is 24.7 Å². The molecule has 1 atom stereocenters. The Bertz CT molecular complexity index is 669. The van der Waals surface area contributed by atoms with Gasteiger partial charge in [0.1, 0.15) is 0 Å². The normalized spacial score (nSPS) is 17.6. The number of hydrogen-bond donors (Lipinski definition) is 0. The lowest BCUT2D eigenvalue weighted by atomic mass is 9.97. The molecule has 0 aliphatic carbocycles. The molecule has 5 heteroatoms. The molecular weight excluding hydrogens is 314 g/mol. The zero-order valence-electron chi connectivity index (χ0n) is 15.0. The molecule has 1 aliphatic heterocycles. The Labute approximate surface area is 149 Å². The Kier molecular flexibility index (Phi) is 6.20. The van der Waals surface area contributed by atoms with E-state index in [1.54, 1.807) is 0 Å². The van der Waals surface area contributed by atoms with Gasteiger partial charge in [0.25, 0.3) is 0 Å². The largest absolute Gasteiger partial charge is 0.342 e. The van der Waals surface area contributed by atoms with Gasteiger partial charge in [0, 0.05) is 25.1 Å². The molecule has 5 nitrogen and oxygen atoms in total. The Morgan fingerprint density at radius 2 is 2.08 bits per heavy atom. The minimum Gasteiger partial charge on any atom is -0.342 e. The predicted molar refractivity (Wildman–Crippen MR) is 97.0 cm³/mol. The van der Waals surface area contributed by atoms with Crippen LogP contribution in [0.15, 0.2) is 34.9 Å². The fourth-order valence-corrected chi connectivity index (χ4v) is 3.37. The molecule has 1 saturated heterocycles. The first-order valence-corrected chi connectivity index (χ1v) is 9.44. The first-order valence-electron chi connectivity index (χ1n) is 9.44. The maximum atomic E-state index is 12.4. The van der Waals surface area contributed by atoms with Crippen molar-refractivity contribution in [3.63, 3.8) is 0 Å². The Morgan fingerprint density at radius 1 is 1.24 bits per heavy atom. The number of nitrogens with zero attached hydrogens (tertiary/aromatic N) is 3. The summed E-state index contributed by atoms with van der Waals surface area (Å²) in [7, 11) is 0. The minimum atomic E-state index is 0.151. The summed E-state index contributed by atoms with van der Waals surface area (Å²) >= 11 is 0. The smallest absolute Gasteiger partial charge is 0.231 e. The fraction of sp³-hybridized carbons (Fsp3) is 0.550. The average Bonchev–Trinajstić information content (AvgIpc) is 3.16. The van der Waals surface area contributed by atoms with E-state index in [1.807, 2.05) is 35.2 Å². The van der Waals surface area contributed by atoms with Crippen molar-refractivity contribution < 1.29 is 9.32 Å². The van der Waals surface area contributed by atoms with Crippen LogP contribution in [-0.2, 0) is 4.79 Å².